The number of benzene rings is 1. The molecule has 12 heteroatoms. The third kappa shape index (κ3) is 8.40. The number of aromatic nitrogens is 3. The molecule has 0 radical (unpaired) electrons. The van der Waals surface area contributed by atoms with Gasteiger partial charge < -0.3 is 0 Å². The standard InChI is InChI=1S/C21H23F5N4O2.C7H7F/c1-29(19(31)11-17(22)23)18-10-14(13-6-3-2-4-7-13)20(32)30(28-18)12-16-15(21(24,25)26)8-5-9-27-16;1-6-3-2-4-7(8)5-6/h5,8-10,13,17H,2-4,6-7,11-12H2,1H3;2-5H,1H3. The molecule has 1 amide bonds. The number of nitrogens with zero attached hydrogens (tertiary/aromatic N) is 4. The molecule has 1 saturated carbocycles. The van der Waals surface area contributed by atoms with Crippen LogP contribution in [-0.2, 0) is 17.5 Å². The van der Waals surface area contributed by atoms with Crippen LogP contribution in [0.2, 0.25) is 0 Å². The Balaban J connectivity index is 0.000000472. The van der Waals surface area contributed by atoms with Crippen LogP contribution in [0.15, 0.2) is 53.5 Å². The summed E-state index contributed by atoms with van der Waals surface area (Å²) in [6, 6.07) is 9.89. The van der Waals surface area contributed by atoms with E-state index in [0.29, 0.717) is 18.4 Å². The quantitative estimate of drug-likeness (QED) is 0.318. The van der Waals surface area contributed by atoms with E-state index >= 15 is 0 Å². The number of hydrogen-bond acceptors (Lipinski definition) is 4. The zero-order valence-electron chi connectivity index (χ0n) is 22.1. The minimum absolute atomic E-state index is 0.0692. The van der Waals surface area contributed by atoms with Crippen LogP contribution in [0, 0.1) is 12.7 Å². The Morgan fingerprint density at radius 3 is 2.38 bits per heavy atom. The van der Waals surface area contributed by atoms with E-state index in [1.54, 1.807) is 6.07 Å². The second-order valence-corrected chi connectivity index (χ2v) is 9.60. The zero-order valence-corrected chi connectivity index (χ0v) is 22.1. The largest absolute Gasteiger partial charge is 0.418 e. The molecule has 3 aromatic rings. The van der Waals surface area contributed by atoms with Crippen molar-refractivity contribution in [3.8, 4) is 0 Å². The lowest BCUT2D eigenvalue weighted by atomic mass is 9.85. The number of halogens is 6. The molecule has 40 heavy (non-hydrogen) atoms. The van der Waals surface area contributed by atoms with Gasteiger partial charge in [-0.05, 0) is 61.6 Å². The smallest absolute Gasteiger partial charge is 0.298 e. The van der Waals surface area contributed by atoms with E-state index in [0.717, 1.165) is 46.5 Å². The van der Waals surface area contributed by atoms with E-state index < -0.39 is 48.3 Å². The average molecular weight is 569 g/mol. The van der Waals surface area contributed by atoms with Gasteiger partial charge in [-0.2, -0.15) is 18.3 Å². The molecular formula is C28H30F6N4O2. The Labute approximate surface area is 227 Å². The number of rotatable bonds is 6. The van der Waals surface area contributed by atoms with Crippen LogP contribution in [0.4, 0.5) is 32.2 Å². The Bertz CT molecular complexity index is 1340. The topological polar surface area (TPSA) is 68.1 Å². The summed E-state index contributed by atoms with van der Waals surface area (Å²) in [5, 5.41) is 4.03. The van der Waals surface area contributed by atoms with Gasteiger partial charge in [0.15, 0.2) is 5.82 Å². The first-order valence-electron chi connectivity index (χ1n) is 12.8. The van der Waals surface area contributed by atoms with Gasteiger partial charge >= 0.3 is 6.18 Å². The van der Waals surface area contributed by atoms with Crippen molar-refractivity contribution < 1.29 is 31.1 Å². The number of pyridine rings is 1. The summed E-state index contributed by atoms with van der Waals surface area (Å²) in [7, 11) is 1.24. The Hall–Kier alpha value is -3.70. The summed E-state index contributed by atoms with van der Waals surface area (Å²) in [4.78, 5) is 29.9. The molecule has 1 aliphatic carbocycles. The predicted octanol–water partition coefficient (Wildman–Crippen LogP) is 6.51. The van der Waals surface area contributed by atoms with Crippen LogP contribution in [-0.4, -0.2) is 34.1 Å². The van der Waals surface area contributed by atoms with Crippen molar-refractivity contribution in [3.63, 3.8) is 0 Å². The van der Waals surface area contributed by atoms with Crippen molar-refractivity contribution in [1.82, 2.24) is 14.8 Å². The highest BCUT2D eigenvalue weighted by Crippen LogP contribution is 2.33. The molecule has 1 aromatic carbocycles. The van der Waals surface area contributed by atoms with Gasteiger partial charge in [0.2, 0.25) is 12.3 Å². The summed E-state index contributed by atoms with van der Waals surface area (Å²) < 4.78 is 78.5. The SMILES string of the molecule is CN(C(=O)CC(F)F)c1cc(C2CCCCC2)c(=O)n(Cc2ncccc2C(F)(F)F)n1.Cc1cccc(F)c1. The van der Waals surface area contributed by atoms with Crippen molar-refractivity contribution in [1.29, 1.82) is 0 Å². The molecule has 2 aromatic heterocycles. The number of aryl methyl sites for hydroxylation is 1. The van der Waals surface area contributed by atoms with Gasteiger partial charge in [-0.1, -0.05) is 31.4 Å². The van der Waals surface area contributed by atoms with E-state index in [1.807, 2.05) is 13.0 Å². The van der Waals surface area contributed by atoms with Crippen LogP contribution in [0.3, 0.4) is 0 Å². The first kappa shape index (κ1) is 30.8. The average Bonchev–Trinajstić information content (AvgIpc) is 2.89. The lowest BCUT2D eigenvalue weighted by Crippen LogP contribution is -2.35. The third-order valence-corrected chi connectivity index (χ3v) is 6.56. The molecule has 0 bridgehead atoms. The van der Waals surface area contributed by atoms with Gasteiger partial charge in [-0.3, -0.25) is 19.5 Å². The minimum Gasteiger partial charge on any atom is -0.298 e. The summed E-state index contributed by atoms with van der Waals surface area (Å²) in [5.74, 6) is -1.29. The van der Waals surface area contributed by atoms with E-state index in [2.05, 4.69) is 10.1 Å². The van der Waals surface area contributed by atoms with Gasteiger partial charge in [0.25, 0.3) is 5.56 Å². The second-order valence-electron chi connectivity index (χ2n) is 9.60. The predicted molar refractivity (Wildman–Crippen MR) is 138 cm³/mol. The summed E-state index contributed by atoms with van der Waals surface area (Å²) >= 11 is 0. The molecule has 0 atom stereocenters. The van der Waals surface area contributed by atoms with Crippen LogP contribution in [0.5, 0.6) is 0 Å². The molecule has 0 spiro atoms. The second kappa shape index (κ2) is 13.6. The number of carbonyl (C=O) groups excluding carboxylic acids is 1. The van der Waals surface area contributed by atoms with Gasteiger partial charge in [0, 0.05) is 18.8 Å². The molecule has 0 N–H and O–H groups in total. The van der Waals surface area contributed by atoms with Crippen molar-refractivity contribution in [3.05, 3.63) is 87.2 Å². The molecular weight excluding hydrogens is 538 g/mol. The molecule has 2 heterocycles. The number of hydrogen-bond donors (Lipinski definition) is 0. The van der Waals surface area contributed by atoms with E-state index in [-0.39, 0.29) is 17.6 Å². The Morgan fingerprint density at radius 1 is 1.10 bits per heavy atom. The lowest BCUT2D eigenvalue weighted by molar-refractivity contribution is -0.138. The normalized spacial score (nSPS) is 14.0. The van der Waals surface area contributed by atoms with Crippen molar-refractivity contribution in [2.45, 2.75) is 70.5 Å². The summed E-state index contributed by atoms with van der Waals surface area (Å²) in [6.07, 6.45) is -3.18. The monoisotopic (exact) mass is 568 g/mol. The minimum atomic E-state index is -4.68. The molecule has 1 aliphatic rings. The maximum absolute atomic E-state index is 13.4. The molecule has 0 unspecified atom stereocenters. The van der Waals surface area contributed by atoms with E-state index in [9.17, 15) is 35.9 Å². The first-order valence-corrected chi connectivity index (χ1v) is 12.8. The van der Waals surface area contributed by atoms with Crippen LogP contribution in [0.25, 0.3) is 0 Å². The van der Waals surface area contributed by atoms with E-state index in [4.69, 9.17) is 0 Å². The molecule has 6 nitrogen and oxygen atoms in total. The van der Waals surface area contributed by atoms with Gasteiger partial charge in [-0.15, -0.1) is 0 Å². The highest BCUT2D eigenvalue weighted by atomic mass is 19.4. The molecule has 1 fully saturated rings. The van der Waals surface area contributed by atoms with Crippen LogP contribution >= 0.6 is 0 Å². The lowest BCUT2D eigenvalue weighted by Gasteiger charge is -2.24. The number of amides is 1. The fourth-order valence-electron chi connectivity index (χ4n) is 4.49. The Morgan fingerprint density at radius 2 is 1.80 bits per heavy atom. The zero-order chi connectivity index (χ0) is 29.4. The number of alkyl halides is 5. The highest BCUT2D eigenvalue weighted by molar-refractivity contribution is 5.92. The fraction of sp³-hybridized carbons (Fsp3) is 0.429. The van der Waals surface area contributed by atoms with Crippen LogP contribution < -0.4 is 10.5 Å². The Kier molecular flexibility index (Phi) is 10.5. The van der Waals surface area contributed by atoms with Crippen molar-refractivity contribution >= 4 is 11.7 Å². The summed E-state index contributed by atoms with van der Waals surface area (Å²) in [5.41, 5.74) is -0.696. The van der Waals surface area contributed by atoms with E-state index in [1.165, 1.54) is 31.4 Å². The number of carbonyl (C=O) groups is 1. The van der Waals surface area contributed by atoms with Crippen LogP contribution in [0.1, 0.15) is 66.8 Å². The molecule has 4 rings (SSSR count). The van der Waals surface area contributed by atoms with Crippen molar-refractivity contribution in [2.24, 2.45) is 0 Å². The first-order chi connectivity index (χ1) is 18.9. The molecule has 0 aliphatic heterocycles. The highest BCUT2D eigenvalue weighted by Gasteiger charge is 2.34. The van der Waals surface area contributed by atoms with Crippen molar-refractivity contribution in [2.75, 3.05) is 11.9 Å². The maximum Gasteiger partial charge on any atom is 0.418 e. The van der Waals surface area contributed by atoms with Gasteiger partial charge in [0.1, 0.15) is 5.82 Å². The fourth-order valence-corrected chi connectivity index (χ4v) is 4.49. The molecule has 0 saturated heterocycles. The number of anilines is 1. The molecule has 216 valence electrons. The third-order valence-electron chi connectivity index (χ3n) is 6.56. The van der Waals surface area contributed by atoms with Gasteiger partial charge in [0.05, 0.1) is 24.2 Å². The maximum atomic E-state index is 13.4. The summed E-state index contributed by atoms with van der Waals surface area (Å²) in [6.45, 7) is 1.29. The van der Waals surface area contributed by atoms with Gasteiger partial charge in [-0.25, -0.2) is 17.9 Å².